The van der Waals surface area contributed by atoms with E-state index >= 15 is 0 Å². The lowest BCUT2D eigenvalue weighted by Crippen LogP contribution is -3.06. The first-order valence-electron chi connectivity index (χ1n) is 7.62. The van der Waals surface area contributed by atoms with Gasteiger partial charge in [-0.15, -0.1) is 11.3 Å². The summed E-state index contributed by atoms with van der Waals surface area (Å²) in [5, 5.41) is 6.03. The lowest BCUT2D eigenvalue weighted by molar-refractivity contribution is -0.856. The molecule has 0 aromatic carbocycles. The first kappa shape index (κ1) is 17.7. The monoisotopic (exact) mass is 341 g/mol. The number of carbonyl (C=O) groups excluding carboxylic acids is 2. The minimum absolute atomic E-state index is 0.326. The molecule has 1 aliphatic heterocycles. The van der Waals surface area contributed by atoms with Gasteiger partial charge in [0.25, 0.3) is 5.91 Å². The molecular weight excluding hydrogens is 316 g/mol. The number of urea groups is 1. The summed E-state index contributed by atoms with van der Waals surface area (Å²) in [6.45, 7) is 5.75. The van der Waals surface area contributed by atoms with E-state index in [1.54, 1.807) is 0 Å². The van der Waals surface area contributed by atoms with Crippen molar-refractivity contribution in [3.05, 3.63) is 16.0 Å². The zero-order valence-corrected chi connectivity index (χ0v) is 14.9. The molecule has 5 N–H and O–H groups in total. The first-order chi connectivity index (χ1) is 10.7. The fourth-order valence-electron chi connectivity index (χ4n) is 2.48. The van der Waals surface area contributed by atoms with Crippen LogP contribution in [-0.4, -0.2) is 44.7 Å². The van der Waals surface area contributed by atoms with E-state index in [1.807, 2.05) is 27.9 Å². The summed E-state index contributed by atoms with van der Waals surface area (Å²) in [5.41, 5.74) is 6.51. The van der Waals surface area contributed by atoms with Crippen molar-refractivity contribution in [2.75, 3.05) is 32.5 Å². The van der Waals surface area contributed by atoms with Crippen molar-refractivity contribution in [1.82, 2.24) is 5.32 Å². The molecule has 0 radical (unpaired) electrons. The average molecular weight is 341 g/mol. The van der Waals surface area contributed by atoms with Gasteiger partial charge < -0.3 is 20.7 Å². The van der Waals surface area contributed by atoms with Gasteiger partial charge in [-0.25, -0.2) is 4.79 Å². The second-order valence-electron chi connectivity index (χ2n) is 6.64. The van der Waals surface area contributed by atoms with E-state index in [4.69, 9.17) is 10.5 Å². The molecule has 2 rings (SSSR count). The number of primary amides is 1. The van der Waals surface area contributed by atoms with Crippen LogP contribution >= 0.6 is 11.3 Å². The van der Waals surface area contributed by atoms with Crippen LogP contribution in [0.1, 0.15) is 34.6 Å². The molecule has 0 spiro atoms. The molecule has 0 bridgehead atoms. The molecule has 3 amide bonds. The normalized spacial score (nSPS) is 16.0. The van der Waals surface area contributed by atoms with Gasteiger partial charge in [-0.2, -0.15) is 0 Å². The van der Waals surface area contributed by atoms with Crippen LogP contribution < -0.4 is 21.3 Å². The molecule has 8 heteroatoms. The number of amides is 3. The number of rotatable bonds is 5. The zero-order valence-electron chi connectivity index (χ0n) is 14.0. The van der Waals surface area contributed by atoms with Crippen molar-refractivity contribution >= 4 is 28.3 Å². The Hall–Kier alpha value is -1.64. The summed E-state index contributed by atoms with van der Waals surface area (Å²) in [4.78, 5) is 26.1. The highest BCUT2D eigenvalue weighted by Gasteiger charge is 2.33. The van der Waals surface area contributed by atoms with Gasteiger partial charge in [-0.05, 0) is 19.4 Å². The maximum absolute atomic E-state index is 12.0. The summed E-state index contributed by atoms with van der Waals surface area (Å²) < 4.78 is 5.76. The first-order valence-corrected chi connectivity index (χ1v) is 8.43. The van der Waals surface area contributed by atoms with Crippen molar-refractivity contribution in [3.63, 3.8) is 0 Å². The molecule has 7 nitrogen and oxygen atoms in total. The van der Waals surface area contributed by atoms with Crippen LogP contribution in [0.15, 0.2) is 0 Å². The molecule has 1 aromatic rings. The molecule has 0 aliphatic carbocycles. The number of carbonyl (C=O) groups is 2. The van der Waals surface area contributed by atoms with E-state index in [-0.39, 0.29) is 11.6 Å². The maximum Gasteiger partial charge on any atom is 0.320 e. The number of quaternary nitrogens is 1. The number of likely N-dealkylation sites (N-methyl/N-ethyl adjacent to an activating group) is 1. The van der Waals surface area contributed by atoms with Gasteiger partial charge in [-0.3, -0.25) is 10.1 Å². The van der Waals surface area contributed by atoms with Crippen LogP contribution in [0.3, 0.4) is 0 Å². The van der Waals surface area contributed by atoms with Crippen molar-refractivity contribution in [1.29, 1.82) is 0 Å². The molecule has 0 atom stereocenters. The smallest absolute Gasteiger partial charge is 0.320 e. The fourth-order valence-corrected chi connectivity index (χ4v) is 3.61. The van der Waals surface area contributed by atoms with E-state index in [1.165, 1.54) is 16.2 Å². The maximum atomic E-state index is 12.0. The third-order valence-corrected chi connectivity index (χ3v) is 4.79. The highest BCUT2D eigenvalue weighted by Crippen LogP contribution is 2.40. The van der Waals surface area contributed by atoms with Crippen LogP contribution in [-0.2, 0) is 17.8 Å². The predicted octanol–water partition coefficient (Wildman–Crippen LogP) is -0.0357. The molecule has 2 heterocycles. The largest absolute Gasteiger partial charge is 0.370 e. The van der Waals surface area contributed by atoms with Gasteiger partial charge in [-0.1, -0.05) is 0 Å². The molecule has 128 valence electrons. The van der Waals surface area contributed by atoms with Gasteiger partial charge in [0, 0.05) is 11.3 Å². The molecule has 0 unspecified atom stereocenters. The molecule has 0 saturated carbocycles. The Balaban J connectivity index is 2.15. The van der Waals surface area contributed by atoms with E-state index in [0.29, 0.717) is 30.1 Å². The van der Waals surface area contributed by atoms with E-state index < -0.39 is 5.91 Å². The standard InChI is InChI=1S/C15H24N4O3S/c1-15(2)7-9-10(8-22-15)23-13(11(9)12(16)20)18-14(21)17-5-6-19(3)4/h5-8H2,1-4H3,(H2,16,20)(H2,17,18,21)/p+1. The van der Waals surface area contributed by atoms with Crippen LogP contribution in [0.5, 0.6) is 0 Å². The Labute approximate surface area is 140 Å². The van der Waals surface area contributed by atoms with Crippen molar-refractivity contribution < 1.29 is 19.2 Å². The van der Waals surface area contributed by atoms with Crippen molar-refractivity contribution in [2.45, 2.75) is 32.5 Å². The summed E-state index contributed by atoms with van der Waals surface area (Å²) in [6, 6.07) is -0.326. The second-order valence-corrected chi connectivity index (χ2v) is 7.74. The Morgan fingerprint density at radius 1 is 1.39 bits per heavy atom. The quantitative estimate of drug-likeness (QED) is 0.605. The van der Waals surface area contributed by atoms with Gasteiger partial charge >= 0.3 is 6.03 Å². The van der Waals surface area contributed by atoms with Gasteiger partial charge in [0.05, 0.1) is 45.0 Å². The highest BCUT2D eigenvalue weighted by molar-refractivity contribution is 7.17. The van der Waals surface area contributed by atoms with Gasteiger partial charge in [0.2, 0.25) is 0 Å². The SMILES string of the molecule is C[NH+](C)CCNC(=O)Nc1sc2c(c1C(N)=O)CC(C)(C)OC2. The van der Waals surface area contributed by atoms with Gasteiger partial charge in [0.1, 0.15) is 5.00 Å². The fraction of sp³-hybridized carbons (Fsp3) is 0.600. The van der Waals surface area contributed by atoms with E-state index in [9.17, 15) is 9.59 Å². The van der Waals surface area contributed by atoms with Crippen LogP contribution in [0.4, 0.5) is 9.80 Å². The minimum atomic E-state index is -0.520. The Bertz CT molecular complexity index is 610. The summed E-state index contributed by atoms with van der Waals surface area (Å²) in [7, 11) is 4.03. The lowest BCUT2D eigenvalue weighted by Gasteiger charge is -2.30. The summed E-state index contributed by atoms with van der Waals surface area (Å²) >= 11 is 1.36. The number of anilines is 1. The third-order valence-electron chi connectivity index (χ3n) is 3.67. The lowest BCUT2D eigenvalue weighted by atomic mass is 9.93. The number of ether oxygens (including phenoxy) is 1. The Morgan fingerprint density at radius 2 is 2.09 bits per heavy atom. The summed E-state index contributed by atoms with van der Waals surface area (Å²) in [6.07, 6.45) is 0.602. The van der Waals surface area contributed by atoms with E-state index in [2.05, 4.69) is 10.6 Å². The Kier molecular flexibility index (Phi) is 5.28. The number of hydrogen-bond donors (Lipinski definition) is 4. The van der Waals surface area contributed by atoms with Crippen LogP contribution in [0.2, 0.25) is 0 Å². The van der Waals surface area contributed by atoms with Crippen LogP contribution in [0, 0.1) is 0 Å². The molecule has 0 fully saturated rings. The number of nitrogens with two attached hydrogens (primary N) is 1. The molecule has 23 heavy (non-hydrogen) atoms. The second kappa shape index (κ2) is 6.86. The van der Waals surface area contributed by atoms with Crippen molar-refractivity contribution in [2.24, 2.45) is 5.73 Å². The number of hydrogen-bond acceptors (Lipinski definition) is 4. The van der Waals surface area contributed by atoms with Crippen LogP contribution in [0.25, 0.3) is 0 Å². The highest BCUT2D eigenvalue weighted by atomic mass is 32.1. The molecule has 1 aromatic heterocycles. The van der Waals surface area contributed by atoms with Gasteiger partial charge in [0.15, 0.2) is 0 Å². The molecule has 1 aliphatic rings. The minimum Gasteiger partial charge on any atom is -0.370 e. The average Bonchev–Trinajstić information content (AvgIpc) is 2.73. The van der Waals surface area contributed by atoms with E-state index in [0.717, 1.165) is 17.0 Å². The predicted molar refractivity (Wildman–Crippen MR) is 90.1 cm³/mol. The number of thiophene rings is 1. The molecule has 0 saturated heterocycles. The number of fused-ring (bicyclic) bond motifs is 1. The number of nitrogens with one attached hydrogen (secondary N) is 3. The molecular formula is C15H25N4O3S+. The topological polar surface area (TPSA) is 97.9 Å². The third kappa shape index (κ3) is 4.43. The van der Waals surface area contributed by atoms with Crippen molar-refractivity contribution in [3.8, 4) is 0 Å². The summed E-state index contributed by atoms with van der Waals surface area (Å²) in [5.74, 6) is -0.520. The Morgan fingerprint density at radius 3 is 2.70 bits per heavy atom. The zero-order chi connectivity index (χ0) is 17.2.